The molecule has 0 bridgehead atoms. The van der Waals surface area contributed by atoms with Gasteiger partial charge in [0.1, 0.15) is 0 Å². The number of sulfonamides is 1. The van der Waals surface area contributed by atoms with Crippen molar-refractivity contribution in [1.82, 2.24) is 14.9 Å². The highest BCUT2D eigenvalue weighted by atomic mass is 32.2. The summed E-state index contributed by atoms with van der Waals surface area (Å²) >= 11 is 0. The third-order valence-electron chi connectivity index (χ3n) is 3.27. The molecule has 0 unspecified atom stereocenters. The number of aromatic amines is 1. The van der Waals surface area contributed by atoms with Crippen LogP contribution in [0.4, 0.5) is 0 Å². The molecule has 2 N–H and O–H groups in total. The average Bonchev–Trinajstić information content (AvgIpc) is 2.83. The second-order valence-corrected chi connectivity index (χ2v) is 6.91. The number of nitrogens with one attached hydrogen (secondary N) is 2. The summed E-state index contributed by atoms with van der Waals surface area (Å²) in [5.41, 5.74) is 2.65. The lowest BCUT2D eigenvalue weighted by Gasteiger charge is -2.15. The standard InChI is InChI=1S/C15H21N3O2S/c1-4-13-7-5-6-8-15(13)21(19,20)18-12(3)10-14-9-11(2)16-17-14/h5-9,12,18H,4,10H2,1-3H3,(H,16,17)/t12-/m1/s1. The molecule has 1 heterocycles. The van der Waals surface area contributed by atoms with E-state index in [9.17, 15) is 8.42 Å². The predicted molar refractivity (Wildman–Crippen MR) is 82.6 cm³/mol. The Morgan fingerprint density at radius 2 is 2.05 bits per heavy atom. The zero-order valence-corrected chi connectivity index (χ0v) is 13.4. The van der Waals surface area contributed by atoms with Crippen LogP contribution in [0.25, 0.3) is 0 Å². The SMILES string of the molecule is CCc1ccccc1S(=O)(=O)N[C@H](C)Cc1cc(C)[nH]n1. The largest absolute Gasteiger partial charge is 0.283 e. The molecular formula is C15H21N3O2S. The maximum atomic E-state index is 12.5. The van der Waals surface area contributed by atoms with Crippen LogP contribution in [0.5, 0.6) is 0 Å². The lowest BCUT2D eigenvalue weighted by Crippen LogP contribution is -2.34. The van der Waals surface area contributed by atoms with Gasteiger partial charge in [-0.15, -0.1) is 0 Å². The van der Waals surface area contributed by atoms with E-state index in [0.29, 0.717) is 17.7 Å². The van der Waals surface area contributed by atoms with Gasteiger partial charge in [-0.3, -0.25) is 5.10 Å². The van der Waals surface area contributed by atoms with Gasteiger partial charge in [0.25, 0.3) is 0 Å². The summed E-state index contributed by atoms with van der Waals surface area (Å²) in [6.07, 6.45) is 1.24. The molecule has 1 aromatic heterocycles. The molecule has 0 saturated heterocycles. The fourth-order valence-corrected chi connectivity index (χ4v) is 3.88. The molecule has 0 radical (unpaired) electrons. The van der Waals surface area contributed by atoms with Gasteiger partial charge in [0, 0.05) is 18.2 Å². The van der Waals surface area contributed by atoms with E-state index in [-0.39, 0.29) is 6.04 Å². The van der Waals surface area contributed by atoms with Gasteiger partial charge in [0.15, 0.2) is 0 Å². The fraction of sp³-hybridized carbons (Fsp3) is 0.400. The third-order valence-corrected chi connectivity index (χ3v) is 4.96. The predicted octanol–water partition coefficient (Wildman–Crippen LogP) is 2.19. The molecule has 0 fully saturated rings. The molecule has 5 nitrogen and oxygen atoms in total. The summed E-state index contributed by atoms with van der Waals surface area (Å²) in [7, 11) is -3.50. The Bertz CT molecular complexity index is 707. The molecule has 2 rings (SSSR count). The topological polar surface area (TPSA) is 74.8 Å². The molecule has 0 spiro atoms. The second kappa shape index (κ2) is 6.41. The smallest absolute Gasteiger partial charge is 0.241 e. The van der Waals surface area contributed by atoms with Gasteiger partial charge in [-0.1, -0.05) is 25.1 Å². The molecule has 0 aliphatic carbocycles. The number of rotatable bonds is 6. The first kappa shape index (κ1) is 15.7. The molecular weight excluding hydrogens is 286 g/mol. The van der Waals surface area contributed by atoms with Crippen molar-refractivity contribution in [3.63, 3.8) is 0 Å². The van der Waals surface area contributed by atoms with Gasteiger partial charge in [-0.25, -0.2) is 13.1 Å². The van der Waals surface area contributed by atoms with Crippen molar-refractivity contribution in [2.24, 2.45) is 0 Å². The van der Waals surface area contributed by atoms with Crippen molar-refractivity contribution in [1.29, 1.82) is 0 Å². The molecule has 1 aromatic carbocycles. The molecule has 0 aliphatic heterocycles. The van der Waals surface area contributed by atoms with E-state index in [1.165, 1.54) is 0 Å². The van der Waals surface area contributed by atoms with Crippen molar-refractivity contribution in [2.45, 2.75) is 44.6 Å². The first-order valence-electron chi connectivity index (χ1n) is 7.03. The van der Waals surface area contributed by atoms with Gasteiger partial charge in [-0.2, -0.15) is 5.10 Å². The Hall–Kier alpha value is -1.66. The Balaban J connectivity index is 2.13. The summed E-state index contributed by atoms with van der Waals surface area (Å²) in [5, 5.41) is 6.99. The lowest BCUT2D eigenvalue weighted by molar-refractivity contribution is 0.557. The molecule has 6 heteroatoms. The van der Waals surface area contributed by atoms with Crippen LogP contribution in [-0.2, 0) is 22.9 Å². The van der Waals surface area contributed by atoms with E-state index >= 15 is 0 Å². The van der Waals surface area contributed by atoms with Crippen LogP contribution < -0.4 is 4.72 Å². The number of H-pyrrole nitrogens is 1. The maximum absolute atomic E-state index is 12.5. The van der Waals surface area contributed by atoms with Crippen molar-refractivity contribution in [3.8, 4) is 0 Å². The van der Waals surface area contributed by atoms with E-state index in [4.69, 9.17) is 0 Å². The minimum atomic E-state index is -3.50. The summed E-state index contributed by atoms with van der Waals surface area (Å²) in [4.78, 5) is 0.359. The number of nitrogens with zero attached hydrogens (tertiary/aromatic N) is 1. The van der Waals surface area contributed by atoms with Gasteiger partial charge >= 0.3 is 0 Å². The summed E-state index contributed by atoms with van der Waals surface area (Å²) in [6, 6.07) is 8.79. The third kappa shape index (κ3) is 3.92. The normalized spacial score (nSPS) is 13.3. The first-order chi connectivity index (χ1) is 9.92. The van der Waals surface area contributed by atoms with Crippen LogP contribution in [0.3, 0.4) is 0 Å². The van der Waals surface area contributed by atoms with Crippen molar-refractivity contribution in [2.75, 3.05) is 0 Å². The van der Waals surface area contributed by atoms with Crippen LogP contribution >= 0.6 is 0 Å². The minimum absolute atomic E-state index is 0.220. The minimum Gasteiger partial charge on any atom is -0.283 e. The zero-order valence-electron chi connectivity index (χ0n) is 12.6. The Kier molecular flexibility index (Phi) is 4.80. The summed E-state index contributed by atoms with van der Waals surface area (Å²) in [6.45, 7) is 5.71. The highest BCUT2D eigenvalue weighted by molar-refractivity contribution is 7.89. The van der Waals surface area contributed by atoms with Gasteiger partial charge in [0.05, 0.1) is 10.6 Å². The first-order valence-corrected chi connectivity index (χ1v) is 8.52. The van der Waals surface area contributed by atoms with E-state index < -0.39 is 10.0 Å². The number of aryl methyl sites for hydroxylation is 2. The lowest BCUT2D eigenvalue weighted by atomic mass is 10.2. The van der Waals surface area contributed by atoms with E-state index in [1.54, 1.807) is 12.1 Å². The molecule has 21 heavy (non-hydrogen) atoms. The highest BCUT2D eigenvalue weighted by Crippen LogP contribution is 2.16. The second-order valence-electron chi connectivity index (χ2n) is 5.23. The molecule has 114 valence electrons. The van der Waals surface area contributed by atoms with Crippen LogP contribution in [-0.4, -0.2) is 24.7 Å². The quantitative estimate of drug-likeness (QED) is 0.859. The summed E-state index contributed by atoms with van der Waals surface area (Å²) < 4.78 is 27.7. The average molecular weight is 307 g/mol. The molecule has 0 aliphatic rings. The Morgan fingerprint density at radius 1 is 1.33 bits per heavy atom. The highest BCUT2D eigenvalue weighted by Gasteiger charge is 2.20. The van der Waals surface area contributed by atoms with Gasteiger partial charge in [0.2, 0.25) is 10.0 Å². The van der Waals surface area contributed by atoms with Gasteiger partial charge < -0.3 is 0 Å². The van der Waals surface area contributed by atoms with Crippen LogP contribution in [0.15, 0.2) is 35.2 Å². The molecule has 1 atom stereocenters. The van der Waals surface area contributed by atoms with Crippen molar-refractivity contribution in [3.05, 3.63) is 47.3 Å². The fourth-order valence-electron chi connectivity index (χ4n) is 2.32. The molecule has 2 aromatic rings. The number of hydrogen-bond acceptors (Lipinski definition) is 3. The van der Waals surface area contributed by atoms with Crippen LogP contribution in [0.1, 0.15) is 30.8 Å². The van der Waals surface area contributed by atoms with Crippen molar-refractivity contribution < 1.29 is 8.42 Å². The summed E-state index contributed by atoms with van der Waals surface area (Å²) in [5.74, 6) is 0. The van der Waals surface area contributed by atoms with Crippen molar-refractivity contribution >= 4 is 10.0 Å². The van der Waals surface area contributed by atoms with Gasteiger partial charge in [-0.05, 0) is 38.0 Å². The monoisotopic (exact) mass is 307 g/mol. The Labute approximate surface area is 125 Å². The zero-order chi connectivity index (χ0) is 15.5. The van der Waals surface area contributed by atoms with E-state index in [0.717, 1.165) is 17.0 Å². The molecule has 0 saturated carbocycles. The molecule has 0 amide bonds. The van der Waals surface area contributed by atoms with E-state index in [2.05, 4.69) is 14.9 Å². The number of aromatic nitrogens is 2. The van der Waals surface area contributed by atoms with E-state index in [1.807, 2.05) is 39.0 Å². The Morgan fingerprint density at radius 3 is 2.67 bits per heavy atom. The van der Waals surface area contributed by atoms with Crippen LogP contribution in [0.2, 0.25) is 0 Å². The van der Waals surface area contributed by atoms with Crippen LogP contribution in [0, 0.1) is 6.92 Å². The maximum Gasteiger partial charge on any atom is 0.241 e. The number of benzene rings is 1. The number of hydrogen-bond donors (Lipinski definition) is 2.